The number of amides is 1. The molecule has 0 fully saturated rings. The molecule has 1 rings (SSSR count). The van der Waals surface area contributed by atoms with Gasteiger partial charge in [-0.15, -0.1) is 6.58 Å². The van der Waals surface area contributed by atoms with Crippen molar-refractivity contribution < 1.29 is 9.53 Å². The Bertz CT molecular complexity index is 436. The van der Waals surface area contributed by atoms with Gasteiger partial charge in [-0.2, -0.15) is 0 Å². The van der Waals surface area contributed by atoms with E-state index in [-0.39, 0.29) is 12.5 Å². The summed E-state index contributed by atoms with van der Waals surface area (Å²) in [5, 5.41) is 0. The molecule has 0 bridgehead atoms. The molecule has 0 aliphatic heterocycles. The van der Waals surface area contributed by atoms with E-state index in [0.29, 0.717) is 12.2 Å². The van der Waals surface area contributed by atoms with Crippen molar-refractivity contribution in [3.8, 4) is 5.75 Å². The van der Waals surface area contributed by atoms with Gasteiger partial charge in [-0.1, -0.05) is 22.0 Å². The summed E-state index contributed by atoms with van der Waals surface area (Å²) in [6.45, 7) is 3.56. The van der Waals surface area contributed by atoms with Gasteiger partial charge in [-0.25, -0.2) is 5.84 Å². The van der Waals surface area contributed by atoms with Crippen molar-refractivity contribution in [2.75, 3.05) is 6.61 Å². The maximum atomic E-state index is 11.0. The summed E-state index contributed by atoms with van der Waals surface area (Å²) in [5.41, 5.74) is 2.95. The predicted octanol–water partition coefficient (Wildman–Crippen LogP) is 2.31. The highest BCUT2D eigenvalue weighted by atomic mass is 79.9. The standard InChI is InChI=1S/C11H12Br2N2O2/c1-2-3-7-4-8(12)5-9(13)11(7)17-6-10(16)15-14/h2,4-5H,1,3,6,14H2,(H,15,16). The molecule has 0 saturated carbocycles. The predicted molar refractivity (Wildman–Crippen MR) is 73.6 cm³/mol. The van der Waals surface area contributed by atoms with Crippen molar-refractivity contribution in [1.82, 2.24) is 5.43 Å². The van der Waals surface area contributed by atoms with Crippen molar-refractivity contribution in [1.29, 1.82) is 0 Å². The summed E-state index contributed by atoms with van der Waals surface area (Å²) < 4.78 is 7.12. The fraction of sp³-hybridized carbons (Fsp3) is 0.182. The van der Waals surface area contributed by atoms with Crippen LogP contribution in [0.5, 0.6) is 5.75 Å². The number of nitrogens with one attached hydrogen (secondary N) is 1. The monoisotopic (exact) mass is 362 g/mol. The molecular formula is C11H12Br2N2O2. The molecule has 1 amide bonds. The van der Waals surface area contributed by atoms with Crippen molar-refractivity contribution in [2.45, 2.75) is 6.42 Å². The molecule has 1 aromatic rings. The van der Waals surface area contributed by atoms with Crippen LogP contribution < -0.4 is 16.0 Å². The van der Waals surface area contributed by atoms with Crippen LogP contribution in [0.15, 0.2) is 33.7 Å². The van der Waals surface area contributed by atoms with E-state index in [1.165, 1.54) is 0 Å². The summed E-state index contributed by atoms with van der Waals surface area (Å²) in [5.74, 6) is 5.22. The summed E-state index contributed by atoms with van der Waals surface area (Å²) in [6.07, 6.45) is 2.42. The van der Waals surface area contributed by atoms with Crippen LogP contribution in [0.2, 0.25) is 0 Å². The lowest BCUT2D eigenvalue weighted by molar-refractivity contribution is -0.123. The second-order valence-corrected chi connectivity index (χ2v) is 4.99. The zero-order chi connectivity index (χ0) is 12.8. The Labute approximate surface area is 116 Å². The maximum Gasteiger partial charge on any atom is 0.271 e. The van der Waals surface area contributed by atoms with Gasteiger partial charge in [0, 0.05) is 10.0 Å². The highest BCUT2D eigenvalue weighted by Gasteiger charge is 2.10. The van der Waals surface area contributed by atoms with Gasteiger partial charge in [0.15, 0.2) is 6.61 Å². The third kappa shape index (κ3) is 4.14. The van der Waals surface area contributed by atoms with Crippen LogP contribution >= 0.6 is 31.9 Å². The van der Waals surface area contributed by atoms with Gasteiger partial charge >= 0.3 is 0 Å². The zero-order valence-corrected chi connectivity index (χ0v) is 12.2. The molecule has 0 aliphatic rings. The molecule has 6 heteroatoms. The van der Waals surface area contributed by atoms with Crippen LogP contribution in [-0.2, 0) is 11.2 Å². The fourth-order valence-corrected chi connectivity index (χ4v) is 2.69. The van der Waals surface area contributed by atoms with Crippen LogP contribution in [0.25, 0.3) is 0 Å². The number of allylic oxidation sites excluding steroid dienone is 1. The molecule has 1 aromatic carbocycles. The SMILES string of the molecule is C=CCc1cc(Br)cc(Br)c1OCC(=O)NN. The second kappa shape index (κ2) is 6.78. The molecule has 3 N–H and O–H groups in total. The first-order chi connectivity index (χ1) is 8.08. The van der Waals surface area contributed by atoms with Crippen LogP contribution in [0, 0.1) is 0 Å². The van der Waals surface area contributed by atoms with E-state index in [9.17, 15) is 4.79 Å². The number of halogens is 2. The molecule has 4 nitrogen and oxygen atoms in total. The Balaban J connectivity index is 2.95. The van der Waals surface area contributed by atoms with E-state index < -0.39 is 0 Å². The molecule has 0 saturated heterocycles. The summed E-state index contributed by atoms with van der Waals surface area (Å²) in [6, 6.07) is 3.77. The second-order valence-electron chi connectivity index (χ2n) is 3.22. The molecule has 92 valence electrons. The lowest BCUT2D eigenvalue weighted by Crippen LogP contribution is -2.34. The van der Waals surface area contributed by atoms with Crippen molar-refractivity contribution >= 4 is 37.8 Å². The number of benzene rings is 1. The summed E-state index contributed by atoms with van der Waals surface area (Å²) in [4.78, 5) is 11.0. The van der Waals surface area contributed by atoms with Gasteiger partial charge in [0.05, 0.1) is 4.47 Å². The highest BCUT2D eigenvalue weighted by molar-refractivity contribution is 9.11. The molecule has 0 heterocycles. The largest absolute Gasteiger partial charge is 0.482 e. The van der Waals surface area contributed by atoms with E-state index in [0.717, 1.165) is 14.5 Å². The minimum atomic E-state index is -0.385. The molecule has 0 aromatic heterocycles. The minimum Gasteiger partial charge on any atom is -0.482 e. The van der Waals surface area contributed by atoms with Gasteiger partial charge in [-0.05, 0) is 34.5 Å². The highest BCUT2D eigenvalue weighted by Crippen LogP contribution is 2.33. The Kier molecular flexibility index (Phi) is 5.67. The molecule has 0 radical (unpaired) electrons. The van der Waals surface area contributed by atoms with E-state index in [2.05, 4.69) is 38.4 Å². The number of rotatable bonds is 5. The van der Waals surface area contributed by atoms with Gasteiger partial charge in [0.2, 0.25) is 0 Å². The first-order valence-corrected chi connectivity index (χ1v) is 6.38. The van der Waals surface area contributed by atoms with Crippen molar-refractivity contribution in [3.63, 3.8) is 0 Å². The number of carbonyl (C=O) groups excluding carboxylic acids is 1. The molecule has 0 aliphatic carbocycles. The number of hydrazine groups is 1. The molecule has 0 atom stereocenters. The van der Waals surface area contributed by atoms with Gasteiger partial charge in [0.25, 0.3) is 5.91 Å². The van der Waals surface area contributed by atoms with Gasteiger partial charge < -0.3 is 4.74 Å². The van der Waals surface area contributed by atoms with E-state index in [4.69, 9.17) is 10.6 Å². The van der Waals surface area contributed by atoms with Crippen LogP contribution in [0.3, 0.4) is 0 Å². The quantitative estimate of drug-likeness (QED) is 0.365. The maximum absolute atomic E-state index is 11.0. The van der Waals surface area contributed by atoms with Gasteiger partial charge in [0.1, 0.15) is 5.75 Å². The van der Waals surface area contributed by atoms with Crippen LogP contribution in [-0.4, -0.2) is 12.5 Å². The first-order valence-electron chi connectivity index (χ1n) is 4.79. The Hall–Kier alpha value is -0.850. The Morgan fingerprint density at radius 3 is 2.82 bits per heavy atom. The number of ether oxygens (including phenoxy) is 1. The van der Waals surface area contributed by atoms with E-state index in [1.807, 2.05) is 17.6 Å². The number of carbonyl (C=O) groups is 1. The Morgan fingerprint density at radius 1 is 1.53 bits per heavy atom. The molecular weight excluding hydrogens is 352 g/mol. The summed E-state index contributed by atoms with van der Waals surface area (Å²) in [7, 11) is 0. The van der Waals surface area contributed by atoms with E-state index >= 15 is 0 Å². The fourth-order valence-electron chi connectivity index (χ4n) is 1.26. The third-order valence-electron chi connectivity index (χ3n) is 1.96. The Morgan fingerprint density at radius 2 is 2.24 bits per heavy atom. The normalized spacial score (nSPS) is 9.82. The average Bonchev–Trinajstić information content (AvgIpc) is 2.27. The molecule has 0 spiro atoms. The smallest absolute Gasteiger partial charge is 0.271 e. The number of hydrogen-bond donors (Lipinski definition) is 2. The molecule has 0 unspecified atom stereocenters. The topological polar surface area (TPSA) is 64.3 Å². The number of hydrogen-bond acceptors (Lipinski definition) is 3. The summed E-state index contributed by atoms with van der Waals surface area (Å²) >= 11 is 6.78. The van der Waals surface area contributed by atoms with Crippen LogP contribution in [0.4, 0.5) is 0 Å². The average molecular weight is 364 g/mol. The van der Waals surface area contributed by atoms with Gasteiger partial charge in [-0.3, -0.25) is 10.2 Å². The minimum absolute atomic E-state index is 0.124. The lowest BCUT2D eigenvalue weighted by Gasteiger charge is -2.12. The molecule has 17 heavy (non-hydrogen) atoms. The van der Waals surface area contributed by atoms with Crippen LogP contribution in [0.1, 0.15) is 5.56 Å². The zero-order valence-electron chi connectivity index (χ0n) is 9.00. The van der Waals surface area contributed by atoms with E-state index in [1.54, 1.807) is 6.08 Å². The third-order valence-corrected chi connectivity index (χ3v) is 3.01. The lowest BCUT2D eigenvalue weighted by atomic mass is 10.1. The van der Waals surface area contributed by atoms with Crippen molar-refractivity contribution in [3.05, 3.63) is 39.3 Å². The van der Waals surface area contributed by atoms with Crippen molar-refractivity contribution in [2.24, 2.45) is 5.84 Å². The number of nitrogens with two attached hydrogens (primary N) is 1. The first kappa shape index (κ1) is 14.2.